The van der Waals surface area contributed by atoms with Crippen molar-refractivity contribution in [1.29, 1.82) is 0 Å². The zero-order chi connectivity index (χ0) is 11.9. The second-order valence-electron chi connectivity index (χ2n) is 4.01. The number of hydrogen-bond donors (Lipinski definition) is 1. The number of phenolic OH excluding ortho intramolecular Hbond substituents is 1. The second kappa shape index (κ2) is 8.06. The van der Waals surface area contributed by atoms with Crippen LogP contribution in [0.2, 0.25) is 0 Å². The maximum atomic E-state index is 9.18. The molecule has 0 aromatic heterocycles. The number of rotatable bonds is 5. The third-order valence-corrected chi connectivity index (χ3v) is 3.76. The Morgan fingerprint density at radius 3 is 2.17 bits per heavy atom. The second-order valence-corrected chi connectivity index (χ2v) is 5.22. The van der Waals surface area contributed by atoms with Crippen molar-refractivity contribution < 1.29 is 17.5 Å². The van der Waals surface area contributed by atoms with Crippen LogP contribution in [0.15, 0.2) is 54.6 Å². The van der Waals surface area contributed by atoms with Gasteiger partial charge in [-0.2, -0.15) is 0 Å². The minimum atomic E-state index is 0. The van der Waals surface area contributed by atoms with Crippen LogP contribution in [-0.2, 0) is 23.9 Å². The van der Waals surface area contributed by atoms with Crippen molar-refractivity contribution >= 4 is 11.8 Å². The summed E-state index contributed by atoms with van der Waals surface area (Å²) in [4.78, 5) is 0. The first kappa shape index (κ1) is 14.9. The summed E-state index contributed by atoms with van der Waals surface area (Å²) >= 11 is 1.46. The molecule has 18 heavy (non-hydrogen) atoms. The highest BCUT2D eigenvalue weighted by molar-refractivity contribution is 7.77. The molecule has 96 valence electrons. The lowest BCUT2D eigenvalue weighted by atomic mass is 10.2. The minimum absolute atomic E-state index is 0. The van der Waals surface area contributed by atoms with Crippen LogP contribution in [0.5, 0.6) is 5.75 Å². The van der Waals surface area contributed by atoms with Crippen molar-refractivity contribution in [3.05, 3.63) is 65.7 Å². The fourth-order valence-electron chi connectivity index (χ4n) is 1.66. The first-order chi connectivity index (χ1) is 8.34. The Bertz CT molecular complexity index is 442. The SMILES string of the molecule is Oc1ccc(CC[SH+]Cc2ccccc2)cc1.[Cl-]. The van der Waals surface area contributed by atoms with Crippen molar-refractivity contribution in [3.63, 3.8) is 0 Å². The molecule has 1 N–H and O–H groups in total. The van der Waals surface area contributed by atoms with Crippen molar-refractivity contribution in [2.75, 3.05) is 5.75 Å². The van der Waals surface area contributed by atoms with E-state index in [9.17, 15) is 5.11 Å². The predicted molar refractivity (Wildman–Crippen MR) is 75.6 cm³/mol. The van der Waals surface area contributed by atoms with Gasteiger partial charge in [0.15, 0.2) is 0 Å². The molecule has 2 aromatic carbocycles. The van der Waals surface area contributed by atoms with E-state index in [0.717, 1.165) is 12.2 Å². The maximum Gasteiger partial charge on any atom is 0.130 e. The smallest absolute Gasteiger partial charge is 0.130 e. The monoisotopic (exact) mass is 280 g/mol. The van der Waals surface area contributed by atoms with E-state index in [0.29, 0.717) is 5.75 Å². The van der Waals surface area contributed by atoms with Crippen molar-refractivity contribution in [3.8, 4) is 5.75 Å². The van der Waals surface area contributed by atoms with Crippen molar-refractivity contribution in [2.45, 2.75) is 12.2 Å². The normalized spacial score (nSPS) is 9.78. The van der Waals surface area contributed by atoms with Crippen LogP contribution < -0.4 is 12.4 Å². The van der Waals surface area contributed by atoms with Gasteiger partial charge >= 0.3 is 0 Å². The largest absolute Gasteiger partial charge is 1.00 e. The molecule has 0 saturated carbocycles. The number of benzene rings is 2. The Balaban J connectivity index is 0.00000162. The Hall–Kier alpha value is -1.12. The zero-order valence-electron chi connectivity index (χ0n) is 10.1. The van der Waals surface area contributed by atoms with E-state index in [1.165, 1.54) is 28.6 Å². The van der Waals surface area contributed by atoms with Crippen LogP contribution in [0, 0.1) is 0 Å². The lowest BCUT2D eigenvalue weighted by Crippen LogP contribution is -3.00. The van der Waals surface area contributed by atoms with Gasteiger partial charge in [-0.25, -0.2) is 0 Å². The van der Waals surface area contributed by atoms with Gasteiger partial charge in [-0.3, -0.25) is 0 Å². The summed E-state index contributed by atoms with van der Waals surface area (Å²) in [5.74, 6) is 2.63. The molecule has 0 heterocycles. The molecular formula is C15H17ClOS. The first-order valence-corrected chi connectivity index (χ1v) is 7.06. The molecule has 0 aliphatic carbocycles. The summed E-state index contributed by atoms with van der Waals surface area (Å²) in [6, 6.07) is 18.1. The van der Waals surface area contributed by atoms with Gasteiger partial charge in [0, 0.05) is 12.0 Å². The number of halogens is 1. The van der Waals surface area contributed by atoms with Crippen LogP contribution in [0.1, 0.15) is 11.1 Å². The lowest BCUT2D eigenvalue weighted by molar-refractivity contribution is -0.00000444. The van der Waals surface area contributed by atoms with E-state index in [1.807, 2.05) is 12.1 Å². The lowest BCUT2D eigenvalue weighted by Gasteiger charge is -1.98. The van der Waals surface area contributed by atoms with E-state index in [-0.39, 0.29) is 12.4 Å². The summed E-state index contributed by atoms with van der Waals surface area (Å²) in [6.45, 7) is 0. The third kappa shape index (κ3) is 5.03. The number of thiol groups is 1. The van der Waals surface area contributed by atoms with Crippen molar-refractivity contribution in [2.24, 2.45) is 0 Å². The average molecular weight is 281 g/mol. The molecule has 2 aromatic rings. The predicted octanol–water partition coefficient (Wildman–Crippen LogP) is -0.0462. The maximum absolute atomic E-state index is 9.18. The van der Waals surface area contributed by atoms with Crippen LogP contribution >= 0.6 is 0 Å². The van der Waals surface area contributed by atoms with Crippen LogP contribution in [-0.4, -0.2) is 10.9 Å². The first-order valence-electron chi connectivity index (χ1n) is 5.80. The topological polar surface area (TPSA) is 20.2 Å². The average Bonchev–Trinajstić information content (AvgIpc) is 2.38. The number of hydrogen-bond acceptors (Lipinski definition) is 1. The van der Waals surface area contributed by atoms with Crippen molar-refractivity contribution in [1.82, 2.24) is 0 Å². The van der Waals surface area contributed by atoms with Gasteiger partial charge < -0.3 is 17.5 Å². The summed E-state index contributed by atoms with van der Waals surface area (Å²) in [5.41, 5.74) is 2.70. The van der Waals surface area contributed by atoms with E-state index >= 15 is 0 Å². The van der Waals surface area contributed by atoms with E-state index < -0.39 is 0 Å². The fourth-order valence-corrected chi connectivity index (χ4v) is 2.71. The molecule has 0 unspecified atom stereocenters. The van der Waals surface area contributed by atoms with Crippen LogP contribution in [0.3, 0.4) is 0 Å². The van der Waals surface area contributed by atoms with Gasteiger partial charge in [0.25, 0.3) is 0 Å². The van der Waals surface area contributed by atoms with Gasteiger partial charge in [0.05, 0.1) is 0 Å². The molecule has 0 atom stereocenters. The highest BCUT2D eigenvalue weighted by atomic mass is 35.5. The number of phenols is 1. The standard InChI is InChI=1S/C15H16OS.ClH/c16-15-8-6-13(7-9-15)10-11-17-12-14-4-2-1-3-5-14;/h1-9,16H,10-12H2;1H. The van der Waals surface area contributed by atoms with Crippen LogP contribution in [0.25, 0.3) is 0 Å². The summed E-state index contributed by atoms with van der Waals surface area (Å²) in [7, 11) is 0. The molecular weight excluding hydrogens is 264 g/mol. The summed E-state index contributed by atoms with van der Waals surface area (Å²) in [6.07, 6.45) is 1.08. The molecule has 0 bridgehead atoms. The van der Waals surface area contributed by atoms with Gasteiger partial charge in [0.1, 0.15) is 17.3 Å². The molecule has 3 heteroatoms. The molecule has 0 aliphatic rings. The summed E-state index contributed by atoms with van der Waals surface area (Å²) < 4.78 is 0. The molecule has 0 saturated heterocycles. The molecule has 0 aliphatic heterocycles. The summed E-state index contributed by atoms with van der Waals surface area (Å²) in [5, 5.41) is 9.18. The fraction of sp³-hybridized carbons (Fsp3) is 0.200. The molecule has 0 fully saturated rings. The highest BCUT2D eigenvalue weighted by Crippen LogP contribution is 2.10. The molecule has 0 spiro atoms. The molecule has 1 nitrogen and oxygen atoms in total. The highest BCUT2D eigenvalue weighted by Gasteiger charge is 2.01. The van der Waals surface area contributed by atoms with Gasteiger partial charge in [-0.15, -0.1) is 0 Å². The van der Waals surface area contributed by atoms with E-state index in [2.05, 4.69) is 30.3 Å². The van der Waals surface area contributed by atoms with Gasteiger partial charge in [-0.1, -0.05) is 42.5 Å². The Kier molecular flexibility index (Phi) is 6.69. The molecule has 0 amide bonds. The van der Waals surface area contributed by atoms with E-state index in [1.54, 1.807) is 12.1 Å². The Labute approximate surface area is 119 Å². The molecule has 2 rings (SSSR count). The third-order valence-electron chi connectivity index (χ3n) is 2.63. The van der Waals surface area contributed by atoms with Gasteiger partial charge in [-0.05, 0) is 29.5 Å². The van der Waals surface area contributed by atoms with Crippen LogP contribution in [0.4, 0.5) is 0 Å². The number of aryl methyl sites for hydroxylation is 1. The minimum Gasteiger partial charge on any atom is -1.00 e. The number of aromatic hydroxyl groups is 1. The zero-order valence-corrected chi connectivity index (χ0v) is 11.7. The Morgan fingerprint density at radius 2 is 1.50 bits per heavy atom. The molecule has 0 radical (unpaired) electrons. The van der Waals surface area contributed by atoms with E-state index in [4.69, 9.17) is 0 Å². The Morgan fingerprint density at radius 1 is 0.833 bits per heavy atom. The van der Waals surface area contributed by atoms with Gasteiger partial charge in [0.2, 0.25) is 0 Å². The quantitative estimate of drug-likeness (QED) is 0.463.